The maximum absolute atomic E-state index is 4.94. The molecule has 0 N–H and O–H groups in total. The van der Waals surface area contributed by atoms with Gasteiger partial charge in [0.25, 0.3) is 0 Å². The summed E-state index contributed by atoms with van der Waals surface area (Å²) in [6, 6.07) is 17.3. The molecule has 0 bridgehead atoms. The number of imidazole rings is 1. The summed E-state index contributed by atoms with van der Waals surface area (Å²) in [5.41, 5.74) is 3.62. The van der Waals surface area contributed by atoms with Crippen LogP contribution in [0.15, 0.2) is 53.4 Å². The molecule has 1 saturated carbocycles. The van der Waals surface area contributed by atoms with E-state index in [4.69, 9.17) is 4.98 Å². The number of benzene rings is 2. The van der Waals surface area contributed by atoms with E-state index < -0.39 is 0 Å². The van der Waals surface area contributed by atoms with Crippen LogP contribution in [0.4, 0.5) is 0 Å². The van der Waals surface area contributed by atoms with Crippen LogP contribution in [-0.4, -0.2) is 15.3 Å². The summed E-state index contributed by atoms with van der Waals surface area (Å²) in [7, 11) is 0. The van der Waals surface area contributed by atoms with Gasteiger partial charge in [-0.1, -0.05) is 37.3 Å². The highest BCUT2D eigenvalue weighted by atomic mass is 32.2. The Labute approximate surface area is 141 Å². The summed E-state index contributed by atoms with van der Waals surface area (Å²) < 4.78 is 2.44. The van der Waals surface area contributed by atoms with Gasteiger partial charge in [0.2, 0.25) is 0 Å². The topological polar surface area (TPSA) is 17.8 Å². The Morgan fingerprint density at radius 2 is 1.96 bits per heavy atom. The molecule has 0 radical (unpaired) electrons. The van der Waals surface area contributed by atoms with Crippen molar-refractivity contribution in [2.75, 3.05) is 5.75 Å². The minimum absolute atomic E-state index is 0.835. The van der Waals surface area contributed by atoms with E-state index in [9.17, 15) is 0 Å². The molecule has 2 aromatic carbocycles. The molecular weight excluding hydrogens is 300 g/mol. The normalized spacial score (nSPS) is 14.5. The molecule has 3 aromatic rings. The predicted octanol–water partition coefficient (Wildman–Crippen LogP) is 5.62. The Bertz CT molecular complexity index is 803. The molecule has 23 heavy (non-hydrogen) atoms. The number of thioether (sulfide) groups is 1. The molecule has 1 heterocycles. The average molecular weight is 322 g/mol. The van der Waals surface area contributed by atoms with E-state index in [0.717, 1.165) is 23.8 Å². The number of hydrogen-bond donors (Lipinski definition) is 0. The van der Waals surface area contributed by atoms with Crippen LogP contribution in [0.5, 0.6) is 0 Å². The molecule has 0 aliphatic heterocycles. The number of rotatable bonds is 6. The van der Waals surface area contributed by atoms with Gasteiger partial charge in [0.1, 0.15) is 5.82 Å². The van der Waals surface area contributed by atoms with Crippen LogP contribution < -0.4 is 0 Å². The van der Waals surface area contributed by atoms with Crippen LogP contribution >= 0.6 is 11.8 Å². The highest BCUT2D eigenvalue weighted by Gasteiger charge is 2.24. The van der Waals surface area contributed by atoms with Crippen LogP contribution in [0.2, 0.25) is 0 Å². The van der Waals surface area contributed by atoms with Crippen LogP contribution in [0, 0.1) is 5.92 Å². The molecule has 3 heteroatoms. The minimum atomic E-state index is 0.835. The fraction of sp³-hybridized carbons (Fsp3) is 0.350. The third-order valence-electron chi connectivity index (χ3n) is 4.36. The largest absolute Gasteiger partial charge is 0.324 e. The van der Waals surface area contributed by atoms with Crippen molar-refractivity contribution in [1.82, 2.24) is 9.55 Å². The third-order valence-corrected chi connectivity index (χ3v) is 5.56. The van der Waals surface area contributed by atoms with E-state index in [-0.39, 0.29) is 0 Å². The van der Waals surface area contributed by atoms with Crippen molar-refractivity contribution < 1.29 is 0 Å². The van der Waals surface area contributed by atoms with Crippen molar-refractivity contribution in [3.63, 3.8) is 0 Å². The second-order valence-corrected chi connectivity index (χ2v) is 7.52. The second kappa shape index (κ2) is 6.40. The van der Waals surface area contributed by atoms with Crippen LogP contribution in [0.3, 0.4) is 0 Å². The zero-order valence-corrected chi connectivity index (χ0v) is 14.4. The van der Waals surface area contributed by atoms with Gasteiger partial charge in [0.05, 0.1) is 11.0 Å². The second-order valence-electron chi connectivity index (χ2n) is 6.35. The molecule has 1 fully saturated rings. The zero-order valence-electron chi connectivity index (χ0n) is 13.5. The van der Waals surface area contributed by atoms with E-state index in [1.54, 1.807) is 0 Å². The number of aromatic nitrogens is 2. The van der Waals surface area contributed by atoms with Crippen molar-refractivity contribution in [2.24, 2.45) is 5.92 Å². The van der Waals surface area contributed by atoms with Gasteiger partial charge in [0, 0.05) is 17.0 Å². The van der Waals surface area contributed by atoms with E-state index in [0.29, 0.717) is 0 Å². The van der Waals surface area contributed by atoms with Crippen molar-refractivity contribution in [3.05, 3.63) is 48.5 Å². The average Bonchev–Trinajstić information content (AvgIpc) is 3.35. The van der Waals surface area contributed by atoms with Gasteiger partial charge >= 0.3 is 0 Å². The highest BCUT2D eigenvalue weighted by Crippen LogP contribution is 2.35. The summed E-state index contributed by atoms with van der Waals surface area (Å²) in [6.45, 7) is 3.33. The lowest BCUT2D eigenvalue weighted by atomic mass is 10.2. The first-order chi connectivity index (χ1) is 11.3. The van der Waals surface area contributed by atoms with Gasteiger partial charge < -0.3 is 4.57 Å². The van der Waals surface area contributed by atoms with Crippen LogP contribution in [-0.2, 0) is 6.54 Å². The first kappa shape index (κ1) is 14.8. The highest BCUT2D eigenvalue weighted by molar-refractivity contribution is 7.99. The maximum Gasteiger partial charge on any atom is 0.141 e. The monoisotopic (exact) mass is 322 g/mol. The van der Waals surface area contributed by atoms with Crippen molar-refractivity contribution >= 4 is 22.8 Å². The van der Waals surface area contributed by atoms with Gasteiger partial charge in [-0.3, -0.25) is 0 Å². The fourth-order valence-electron chi connectivity index (χ4n) is 2.96. The molecular formula is C20H22N2S. The fourth-order valence-corrected chi connectivity index (χ4v) is 3.76. The SMILES string of the molecule is CCCSc1ccc2nc(-c3ccccc3)n(CC3CC3)c2c1. The van der Waals surface area contributed by atoms with Crippen molar-refractivity contribution in [3.8, 4) is 11.4 Å². The molecule has 118 valence electrons. The third kappa shape index (κ3) is 3.16. The van der Waals surface area contributed by atoms with E-state index in [1.807, 2.05) is 11.8 Å². The molecule has 4 rings (SSSR count). The van der Waals surface area contributed by atoms with Crippen LogP contribution in [0.1, 0.15) is 26.2 Å². The summed E-state index contributed by atoms with van der Waals surface area (Å²) in [4.78, 5) is 6.30. The quantitative estimate of drug-likeness (QED) is 0.548. The van der Waals surface area contributed by atoms with Gasteiger partial charge in [-0.05, 0) is 49.1 Å². The zero-order chi connectivity index (χ0) is 15.6. The Balaban J connectivity index is 1.81. The van der Waals surface area contributed by atoms with Crippen molar-refractivity contribution in [2.45, 2.75) is 37.6 Å². The summed E-state index contributed by atoms with van der Waals surface area (Å²) in [6.07, 6.45) is 3.93. The Hall–Kier alpha value is -1.74. The van der Waals surface area contributed by atoms with E-state index in [1.165, 1.54) is 41.0 Å². The molecule has 2 nitrogen and oxygen atoms in total. The number of hydrogen-bond acceptors (Lipinski definition) is 2. The lowest BCUT2D eigenvalue weighted by Crippen LogP contribution is -2.02. The molecule has 1 aliphatic rings. The molecule has 0 amide bonds. The van der Waals surface area contributed by atoms with Crippen LogP contribution in [0.25, 0.3) is 22.4 Å². The minimum Gasteiger partial charge on any atom is -0.324 e. The molecule has 0 spiro atoms. The van der Waals surface area contributed by atoms with Gasteiger partial charge in [-0.2, -0.15) is 0 Å². The number of nitrogens with zero attached hydrogens (tertiary/aromatic N) is 2. The molecule has 0 unspecified atom stereocenters. The Morgan fingerprint density at radius 1 is 1.13 bits per heavy atom. The summed E-state index contributed by atoms with van der Waals surface area (Å²) in [5, 5.41) is 0. The lowest BCUT2D eigenvalue weighted by molar-refractivity contribution is 0.648. The molecule has 0 atom stereocenters. The first-order valence-electron chi connectivity index (χ1n) is 8.53. The Morgan fingerprint density at radius 3 is 2.70 bits per heavy atom. The van der Waals surface area contributed by atoms with E-state index >= 15 is 0 Å². The van der Waals surface area contributed by atoms with Gasteiger partial charge in [-0.15, -0.1) is 11.8 Å². The van der Waals surface area contributed by atoms with E-state index in [2.05, 4.69) is 60.0 Å². The molecule has 1 aliphatic carbocycles. The maximum atomic E-state index is 4.94. The first-order valence-corrected chi connectivity index (χ1v) is 9.52. The van der Waals surface area contributed by atoms with Gasteiger partial charge in [0.15, 0.2) is 0 Å². The van der Waals surface area contributed by atoms with Crippen molar-refractivity contribution in [1.29, 1.82) is 0 Å². The van der Waals surface area contributed by atoms with Gasteiger partial charge in [-0.25, -0.2) is 4.98 Å². The summed E-state index contributed by atoms with van der Waals surface area (Å²) >= 11 is 1.94. The number of fused-ring (bicyclic) bond motifs is 1. The predicted molar refractivity (Wildman–Crippen MR) is 98.9 cm³/mol. The standard InChI is InChI=1S/C20H22N2S/c1-2-12-23-17-10-11-18-19(13-17)22(14-15-8-9-15)20(21-18)16-6-4-3-5-7-16/h3-7,10-11,13,15H,2,8-9,12,14H2,1H3. The lowest BCUT2D eigenvalue weighted by Gasteiger charge is -2.09. The Kier molecular flexibility index (Phi) is 4.13. The summed E-state index contributed by atoms with van der Waals surface area (Å²) in [5.74, 6) is 3.13. The smallest absolute Gasteiger partial charge is 0.141 e. The molecule has 1 aromatic heterocycles. The molecule has 0 saturated heterocycles.